The molecule has 18 heavy (non-hydrogen) atoms. The fourth-order valence-corrected chi connectivity index (χ4v) is 2.22. The van der Waals surface area contributed by atoms with Gasteiger partial charge in [-0.15, -0.1) is 0 Å². The van der Waals surface area contributed by atoms with Gasteiger partial charge in [0.1, 0.15) is 5.75 Å². The summed E-state index contributed by atoms with van der Waals surface area (Å²) >= 11 is 1.68. The van der Waals surface area contributed by atoms with Gasteiger partial charge in [-0.25, -0.2) is 0 Å². The Morgan fingerprint density at radius 1 is 1.39 bits per heavy atom. The molecule has 0 fully saturated rings. The van der Waals surface area contributed by atoms with Gasteiger partial charge < -0.3 is 15.5 Å². The Morgan fingerprint density at radius 3 is 2.83 bits per heavy atom. The van der Waals surface area contributed by atoms with Crippen molar-refractivity contribution < 1.29 is 15.0 Å². The van der Waals surface area contributed by atoms with Crippen LogP contribution in [0, 0.1) is 6.92 Å². The second-order valence-electron chi connectivity index (χ2n) is 3.97. The summed E-state index contributed by atoms with van der Waals surface area (Å²) < 4.78 is 0. The van der Waals surface area contributed by atoms with Crippen molar-refractivity contribution in [2.45, 2.75) is 13.3 Å². The van der Waals surface area contributed by atoms with Crippen molar-refractivity contribution in [3.05, 3.63) is 29.3 Å². The summed E-state index contributed by atoms with van der Waals surface area (Å²) in [6.07, 6.45) is 0.775. The lowest BCUT2D eigenvalue weighted by molar-refractivity contribution is 0.0953. The number of hydrogen-bond acceptors (Lipinski definition) is 4. The molecule has 0 saturated carbocycles. The Hall–Kier alpha value is -1.20. The van der Waals surface area contributed by atoms with Crippen LogP contribution in [0.25, 0.3) is 0 Å². The Kier molecular flexibility index (Phi) is 6.60. The van der Waals surface area contributed by atoms with Gasteiger partial charge in [-0.2, -0.15) is 11.8 Å². The zero-order chi connectivity index (χ0) is 13.4. The van der Waals surface area contributed by atoms with Gasteiger partial charge in [0.15, 0.2) is 0 Å². The maximum absolute atomic E-state index is 11.7. The van der Waals surface area contributed by atoms with Crippen molar-refractivity contribution in [1.29, 1.82) is 0 Å². The number of hydrogen-bond donors (Lipinski definition) is 3. The van der Waals surface area contributed by atoms with Gasteiger partial charge in [-0.3, -0.25) is 4.79 Å². The molecule has 0 aliphatic heterocycles. The molecule has 0 bridgehead atoms. The first-order valence-corrected chi connectivity index (χ1v) is 7.07. The normalized spacial score (nSPS) is 10.3. The molecular formula is C13H19NO3S. The number of nitrogens with one attached hydrogen (secondary N) is 1. The molecule has 1 aromatic rings. The van der Waals surface area contributed by atoms with Crippen molar-refractivity contribution in [2.24, 2.45) is 0 Å². The molecule has 0 atom stereocenters. The lowest BCUT2D eigenvalue weighted by atomic mass is 10.1. The number of carbonyl (C=O) groups excluding carboxylic acids is 1. The highest BCUT2D eigenvalue weighted by Gasteiger charge is 2.09. The van der Waals surface area contributed by atoms with E-state index in [1.54, 1.807) is 30.0 Å². The minimum atomic E-state index is -0.254. The monoisotopic (exact) mass is 269 g/mol. The predicted molar refractivity (Wildman–Crippen MR) is 74.2 cm³/mol. The third kappa shape index (κ3) is 4.98. The second-order valence-corrected chi connectivity index (χ2v) is 5.19. The van der Waals surface area contributed by atoms with Crippen LogP contribution in [0.4, 0.5) is 0 Å². The van der Waals surface area contributed by atoms with Crippen LogP contribution in [0.1, 0.15) is 22.3 Å². The van der Waals surface area contributed by atoms with Gasteiger partial charge in [0.2, 0.25) is 0 Å². The molecule has 0 aliphatic carbocycles. The van der Waals surface area contributed by atoms with E-state index in [9.17, 15) is 9.90 Å². The third-order valence-electron chi connectivity index (χ3n) is 2.38. The zero-order valence-corrected chi connectivity index (χ0v) is 11.3. The van der Waals surface area contributed by atoms with E-state index in [4.69, 9.17) is 5.11 Å². The van der Waals surface area contributed by atoms with Crippen LogP contribution < -0.4 is 5.32 Å². The summed E-state index contributed by atoms with van der Waals surface area (Å²) in [5.74, 6) is 1.45. The number of phenols is 1. The van der Waals surface area contributed by atoms with Gasteiger partial charge in [0, 0.05) is 18.9 Å². The molecule has 4 nitrogen and oxygen atoms in total. The average molecular weight is 269 g/mol. The summed E-state index contributed by atoms with van der Waals surface area (Å²) in [6, 6.07) is 4.99. The summed E-state index contributed by atoms with van der Waals surface area (Å²) in [7, 11) is 0. The first kappa shape index (κ1) is 14.9. The number of aryl methyl sites for hydroxylation is 1. The highest BCUT2D eigenvalue weighted by atomic mass is 32.2. The van der Waals surface area contributed by atoms with Crippen LogP contribution in [0.15, 0.2) is 18.2 Å². The molecule has 5 heteroatoms. The summed E-state index contributed by atoms with van der Waals surface area (Å²) in [6.45, 7) is 2.62. The van der Waals surface area contributed by atoms with E-state index < -0.39 is 0 Å². The van der Waals surface area contributed by atoms with Crippen molar-refractivity contribution in [3.8, 4) is 5.75 Å². The maximum atomic E-state index is 11.7. The van der Waals surface area contributed by atoms with Crippen LogP contribution in [0.2, 0.25) is 0 Å². The Labute approximate surface area is 111 Å². The van der Waals surface area contributed by atoms with E-state index in [1.165, 1.54) is 0 Å². The number of aromatic hydroxyl groups is 1. The predicted octanol–water partition coefficient (Wildman–Crippen LogP) is 1.55. The molecule has 1 rings (SSSR count). The largest absolute Gasteiger partial charge is 0.507 e. The number of amides is 1. The van der Waals surface area contributed by atoms with Gasteiger partial charge in [-0.05, 0) is 36.8 Å². The van der Waals surface area contributed by atoms with E-state index in [2.05, 4.69) is 5.32 Å². The maximum Gasteiger partial charge on any atom is 0.255 e. The molecule has 0 aliphatic rings. The van der Waals surface area contributed by atoms with E-state index >= 15 is 0 Å². The average Bonchev–Trinajstić information content (AvgIpc) is 2.33. The topological polar surface area (TPSA) is 69.6 Å². The van der Waals surface area contributed by atoms with Crippen LogP contribution in [-0.2, 0) is 0 Å². The molecule has 1 aromatic carbocycles. The number of benzene rings is 1. The van der Waals surface area contributed by atoms with Crippen molar-refractivity contribution >= 4 is 17.7 Å². The van der Waals surface area contributed by atoms with Crippen LogP contribution >= 0.6 is 11.8 Å². The molecule has 0 heterocycles. The van der Waals surface area contributed by atoms with E-state index in [-0.39, 0.29) is 18.3 Å². The highest BCUT2D eigenvalue weighted by molar-refractivity contribution is 7.99. The second kappa shape index (κ2) is 8.00. The first-order chi connectivity index (χ1) is 8.65. The lowest BCUT2D eigenvalue weighted by Crippen LogP contribution is -2.25. The minimum absolute atomic E-state index is 0.0143. The van der Waals surface area contributed by atoms with Gasteiger partial charge in [-0.1, -0.05) is 6.07 Å². The van der Waals surface area contributed by atoms with Crippen LogP contribution in [0.5, 0.6) is 5.75 Å². The molecular weight excluding hydrogens is 250 g/mol. The lowest BCUT2D eigenvalue weighted by Gasteiger charge is -2.07. The molecule has 1 amide bonds. The quantitative estimate of drug-likeness (QED) is 0.657. The minimum Gasteiger partial charge on any atom is -0.507 e. The smallest absolute Gasteiger partial charge is 0.255 e. The molecule has 0 radical (unpaired) electrons. The number of aliphatic hydroxyl groups is 1. The standard InChI is InChI=1S/C13H19NO3S/c1-10-3-4-11(12(16)9-10)13(17)14-5-8-18-7-2-6-15/h3-4,9,15-16H,2,5-8H2,1H3,(H,14,17). The molecule has 3 N–H and O–H groups in total. The summed E-state index contributed by atoms with van der Waals surface area (Å²) in [5.41, 5.74) is 1.23. The number of carbonyl (C=O) groups is 1. The van der Waals surface area contributed by atoms with Crippen molar-refractivity contribution in [3.63, 3.8) is 0 Å². The summed E-state index contributed by atoms with van der Waals surface area (Å²) in [5, 5.41) is 21.0. The number of rotatable bonds is 7. The molecule has 100 valence electrons. The highest BCUT2D eigenvalue weighted by Crippen LogP contribution is 2.18. The molecule has 0 aromatic heterocycles. The van der Waals surface area contributed by atoms with E-state index in [0.717, 1.165) is 23.5 Å². The third-order valence-corrected chi connectivity index (χ3v) is 3.45. The van der Waals surface area contributed by atoms with Crippen molar-refractivity contribution in [2.75, 3.05) is 24.7 Å². The first-order valence-electron chi connectivity index (χ1n) is 5.91. The Bertz CT molecular complexity index is 396. The molecule has 0 unspecified atom stereocenters. The van der Waals surface area contributed by atoms with Crippen LogP contribution in [-0.4, -0.2) is 40.8 Å². The van der Waals surface area contributed by atoms with E-state index in [1.807, 2.05) is 6.92 Å². The molecule has 0 spiro atoms. The zero-order valence-electron chi connectivity index (χ0n) is 10.5. The number of aliphatic hydroxyl groups excluding tert-OH is 1. The Morgan fingerprint density at radius 2 is 2.17 bits per heavy atom. The fourth-order valence-electron chi connectivity index (χ4n) is 1.43. The summed E-state index contributed by atoms with van der Waals surface area (Å²) in [4.78, 5) is 11.7. The molecule has 0 saturated heterocycles. The van der Waals surface area contributed by atoms with Crippen molar-refractivity contribution in [1.82, 2.24) is 5.32 Å². The fraction of sp³-hybridized carbons (Fsp3) is 0.462. The van der Waals surface area contributed by atoms with E-state index in [0.29, 0.717) is 12.1 Å². The number of thioether (sulfide) groups is 1. The SMILES string of the molecule is Cc1ccc(C(=O)NCCSCCCO)c(O)c1. The Balaban J connectivity index is 2.32. The number of phenolic OH excluding ortho intramolecular Hbond substituents is 1. The van der Waals surface area contributed by atoms with Gasteiger partial charge in [0.25, 0.3) is 5.91 Å². The van der Waals surface area contributed by atoms with Gasteiger partial charge >= 0.3 is 0 Å². The van der Waals surface area contributed by atoms with Gasteiger partial charge in [0.05, 0.1) is 5.56 Å². The van der Waals surface area contributed by atoms with Crippen LogP contribution in [0.3, 0.4) is 0 Å².